The number of aromatic nitrogens is 1. The van der Waals surface area contributed by atoms with Gasteiger partial charge in [-0.25, -0.2) is 0 Å². The Bertz CT molecular complexity index is 1150. The van der Waals surface area contributed by atoms with Crippen LogP contribution < -0.4 is 15.4 Å². The number of nitrogens with zero attached hydrogens (tertiary/aromatic N) is 2. The Labute approximate surface area is 191 Å². The summed E-state index contributed by atoms with van der Waals surface area (Å²) in [5.74, 6) is 0.184. The van der Waals surface area contributed by atoms with E-state index in [1.807, 2.05) is 18.2 Å². The van der Waals surface area contributed by atoms with Gasteiger partial charge in [-0.3, -0.25) is 14.4 Å². The van der Waals surface area contributed by atoms with Crippen molar-refractivity contribution in [3.05, 3.63) is 30.0 Å². The molecule has 33 heavy (non-hydrogen) atoms. The van der Waals surface area contributed by atoms with Crippen molar-refractivity contribution in [2.45, 2.75) is 37.8 Å². The van der Waals surface area contributed by atoms with Crippen LogP contribution in [-0.4, -0.2) is 59.9 Å². The molecule has 2 aromatic rings. The van der Waals surface area contributed by atoms with Gasteiger partial charge in [-0.2, -0.15) is 5.26 Å². The second-order valence-corrected chi connectivity index (χ2v) is 9.21. The fraction of sp³-hybridized carbons (Fsp3) is 0.500. The first-order valence-electron chi connectivity index (χ1n) is 11.4. The Morgan fingerprint density at radius 2 is 2.18 bits per heavy atom. The van der Waals surface area contributed by atoms with Gasteiger partial charge in [0.05, 0.1) is 13.2 Å². The van der Waals surface area contributed by atoms with Gasteiger partial charge in [0.25, 0.3) is 5.91 Å². The molecule has 2 saturated heterocycles. The van der Waals surface area contributed by atoms with Crippen LogP contribution in [-0.2, 0) is 9.59 Å². The zero-order valence-corrected chi connectivity index (χ0v) is 18.5. The molecule has 2 aliphatic heterocycles. The van der Waals surface area contributed by atoms with E-state index in [2.05, 4.69) is 21.7 Å². The zero-order chi connectivity index (χ0) is 23.1. The van der Waals surface area contributed by atoms with Crippen LogP contribution in [0.4, 0.5) is 0 Å². The number of hydrogen-bond acceptors (Lipinski definition) is 5. The van der Waals surface area contributed by atoms with Crippen molar-refractivity contribution >= 4 is 28.6 Å². The molecule has 1 saturated carbocycles. The summed E-state index contributed by atoms with van der Waals surface area (Å²) in [6, 6.07) is 8.07. The number of methoxy groups -OCH3 is 1. The summed E-state index contributed by atoms with van der Waals surface area (Å²) < 4.78 is 5.40. The van der Waals surface area contributed by atoms with Crippen LogP contribution in [0, 0.1) is 29.1 Å². The summed E-state index contributed by atoms with van der Waals surface area (Å²) >= 11 is 0. The number of benzene rings is 1. The molecule has 5 rings (SSSR count). The van der Waals surface area contributed by atoms with Crippen molar-refractivity contribution in [3.8, 4) is 11.8 Å². The first-order chi connectivity index (χ1) is 16.0. The number of fused-ring (bicyclic) bond motifs is 2. The number of H-pyrrole nitrogens is 1. The van der Waals surface area contributed by atoms with Gasteiger partial charge in [0.1, 0.15) is 23.5 Å². The highest BCUT2D eigenvalue weighted by Gasteiger charge is 2.52. The molecular weight excluding hydrogens is 422 g/mol. The monoisotopic (exact) mass is 449 g/mol. The average Bonchev–Trinajstić information content (AvgIpc) is 3.48. The second-order valence-electron chi connectivity index (χ2n) is 9.21. The normalized spacial score (nSPS) is 26.8. The van der Waals surface area contributed by atoms with Crippen molar-refractivity contribution < 1.29 is 19.1 Å². The Balaban J connectivity index is 1.35. The quantitative estimate of drug-likeness (QED) is 0.617. The number of likely N-dealkylation sites (tertiary alicyclic amines) is 1. The lowest BCUT2D eigenvalue weighted by Gasteiger charge is -2.33. The second kappa shape index (κ2) is 8.43. The molecule has 5 atom stereocenters. The zero-order valence-electron chi connectivity index (χ0n) is 18.5. The SMILES string of the molecule is COc1cccc2[nH]c(C(=O)N3CC4CCC4C3C(=O)NC(C#N)CC3CCNC3=O)cc12. The number of carbonyl (C=O) groups excluding carboxylic acids is 3. The molecular formula is C24H27N5O4. The lowest BCUT2D eigenvalue weighted by Crippen LogP contribution is -2.52. The minimum absolute atomic E-state index is 0.0736. The fourth-order valence-corrected chi connectivity index (χ4v) is 5.51. The van der Waals surface area contributed by atoms with E-state index in [4.69, 9.17) is 4.74 Å². The molecule has 1 aromatic carbocycles. The molecule has 0 radical (unpaired) electrons. The molecule has 9 nitrogen and oxygen atoms in total. The van der Waals surface area contributed by atoms with Crippen LogP contribution in [0.1, 0.15) is 36.2 Å². The van der Waals surface area contributed by atoms with E-state index in [1.54, 1.807) is 18.1 Å². The maximum atomic E-state index is 13.5. The number of ether oxygens (including phenoxy) is 1. The highest BCUT2D eigenvalue weighted by atomic mass is 16.5. The maximum absolute atomic E-state index is 13.5. The van der Waals surface area contributed by atoms with E-state index < -0.39 is 12.1 Å². The van der Waals surface area contributed by atoms with Crippen LogP contribution in [0.15, 0.2) is 24.3 Å². The van der Waals surface area contributed by atoms with Crippen LogP contribution in [0.5, 0.6) is 5.75 Å². The van der Waals surface area contributed by atoms with Crippen LogP contribution in [0.3, 0.4) is 0 Å². The van der Waals surface area contributed by atoms with Crippen LogP contribution in [0.25, 0.3) is 10.9 Å². The Kier molecular flexibility index (Phi) is 5.44. The van der Waals surface area contributed by atoms with Gasteiger partial charge in [0.2, 0.25) is 11.8 Å². The highest BCUT2D eigenvalue weighted by Crippen LogP contribution is 2.45. The molecule has 3 amide bonds. The average molecular weight is 450 g/mol. The summed E-state index contributed by atoms with van der Waals surface area (Å²) in [5, 5.41) is 16.0. The number of carbonyl (C=O) groups is 3. The van der Waals surface area contributed by atoms with Crippen LogP contribution >= 0.6 is 0 Å². The molecule has 0 spiro atoms. The van der Waals surface area contributed by atoms with E-state index >= 15 is 0 Å². The molecule has 3 heterocycles. The summed E-state index contributed by atoms with van der Waals surface area (Å²) in [6.07, 6.45) is 2.82. The number of amides is 3. The highest BCUT2D eigenvalue weighted by molar-refractivity contribution is 6.02. The smallest absolute Gasteiger partial charge is 0.271 e. The number of rotatable bonds is 6. The third kappa shape index (κ3) is 3.69. The van der Waals surface area contributed by atoms with Gasteiger partial charge >= 0.3 is 0 Å². The van der Waals surface area contributed by atoms with Gasteiger partial charge in [-0.05, 0) is 55.7 Å². The van der Waals surface area contributed by atoms with Gasteiger partial charge in [-0.1, -0.05) is 6.07 Å². The maximum Gasteiger partial charge on any atom is 0.271 e. The standard InChI is InChI=1S/C24H27N5O4/c1-33-20-4-2-3-18-17(20)10-19(28-18)24(32)29-12-14-5-6-16(14)21(29)23(31)27-15(11-25)9-13-7-8-26-22(13)30/h2-4,10,13-16,21,28H,5-9,12H2,1H3,(H,26,30)(H,27,31). The third-order valence-electron chi connectivity index (χ3n) is 7.41. The summed E-state index contributed by atoms with van der Waals surface area (Å²) in [7, 11) is 1.59. The predicted octanol–water partition coefficient (Wildman–Crippen LogP) is 1.56. The van der Waals surface area contributed by atoms with E-state index in [-0.39, 0.29) is 36.0 Å². The molecule has 1 aliphatic carbocycles. The minimum atomic E-state index is -0.764. The minimum Gasteiger partial charge on any atom is -0.496 e. The van der Waals surface area contributed by atoms with E-state index in [0.717, 1.165) is 23.7 Å². The summed E-state index contributed by atoms with van der Waals surface area (Å²) in [6.45, 7) is 1.12. The summed E-state index contributed by atoms with van der Waals surface area (Å²) in [5.41, 5.74) is 1.20. The molecule has 3 aliphatic rings. The van der Waals surface area contributed by atoms with Crippen molar-refractivity contribution in [3.63, 3.8) is 0 Å². The molecule has 0 bridgehead atoms. The largest absolute Gasteiger partial charge is 0.496 e. The Morgan fingerprint density at radius 1 is 1.33 bits per heavy atom. The lowest BCUT2D eigenvalue weighted by molar-refractivity contribution is -0.128. The van der Waals surface area contributed by atoms with Gasteiger partial charge in [0, 0.05) is 29.9 Å². The van der Waals surface area contributed by atoms with Crippen molar-refractivity contribution in [1.82, 2.24) is 20.5 Å². The topological polar surface area (TPSA) is 127 Å². The van der Waals surface area contributed by atoms with Crippen molar-refractivity contribution in [2.75, 3.05) is 20.2 Å². The number of nitrogens with one attached hydrogen (secondary N) is 3. The number of hydrogen-bond donors (Lipinski definition) is 3. The molecule has 1 aromatic heterocycles. The van der Waals surface area contributed by atoms with E-state index in [0.29, 0.717) is 36.9 Å². The van der Waals surface area contributed by atoms with Crippen molar-refractivity contribution in [2.24, 2.45) is 17.8 Å². The molecule has 3 N–H and O–H groups in total. The van der Waals surface area contributed by atoms with Gasteiger partial charge < -0.3 is 25.3 Å². The summed E-state index contributed by atoms with van der Waals surface area (Å²) in [4.78, 5) is 43.5. The lowest BCUT2D eigenvalue weighted by atomic mass is 9.73. The predicted molar refractivity (Wildman–Crippen MR) is 119 cm³/mol. The Hall–Kier alpha value is -3.54. The number of nitriles is 1. The first-order valence-corrected chi connectivity index (χ1v) is 11.4. The first kappa shape index (κ1) is 21.3. The van der Waals surface area contributed by atoms with Crippen molar-refractivity contribution in [1.29, 1.82) is 5.26 Å². The van der Waals surface area contributed by atoms with E-state index in [1.165, 1.54) is 0 Å². The number of aromatic amines is 1. The molecule has 3 fully saturated rings. The van der Waals surface area contributed by atoms with Crippen LogP contribution in [0.2, 0.25) is 0 Å². The Morgan fingerprint density at radius 3 is 2.85 bits per heavy atom. The van der Waals surface area contributed by atoms with Gasteiger partial charge in [0.15, 0.2) is 0 Å². The third-order valence-corrected chi connectivity index (χ3v) is 7.41. The molecule has 172 valence electrons. The van der Waals surface area contributed by atoms with Gasteiger partial charge in [-0.15, -0.1) is 0 Å². The van der Waals surface area contributed by atoms with E-state index in [9.17, 15) is 19.6 Å². The fourth-order valence-electron chi connectivity index (χ4n) is 5.51. The molecule has 5 unspecified atom stereocenters. The molecule has 9 heteroatoms.